The maximum Gasteiger partial charge on any atom is 0.345 e. The Morgan fingerprint density at radius 2 is 1.64 bits per heavy atom. The summed E-state index contributed by atoms with van der Waals surface area (Å²) in [7, 11) is 0.929. The van der Waals surface area contributed by atoms with E-state index in [4.69, 9.17) is 9.47 Å². The third-order valence-corrected chi connectivity index (χ3v) is 13.3. The minimum absolute atomic E-state index is 0.0169. The highest BCUT2D eigenvalue weighted by Gasteiger charge is 2.66. The molecule has 1 spiro atoms. The van der Waals surface area contributed by atoms with E-state index in [-0.39, 0.29) is 25.4 Å². The molecule has 2 heterocycles. The molecular weight excluding hydrogens is 404 g/mol. The van der Waals surface area contributed by atoms with Crippen molar-refractivity contribution >= 4 is 63.1 Å². The molecule has 1 unspecified atom stereocenters. The Morgan fingerprint density at radius 3 is 2.20 bits per heavy atom. The first-order chi connectivity index (χ1) is 11.9. The Hall–Kier alpha value is -0.450. The topological polar surface area (TPSA) is 86.7 Å². The lowest BCUT2D eigenvalue weighted by Crippen LogP contribution is -2.51. The minimum Gasteiger partial charge on any atom is -0.465 e. The van der Waals surface area contributed by atoms with Crippen LogP contribution < -0.4 is 0 Å². The maximum atomic E-state index is 13.4. The van der Waals surface area contributed by atoms with Gasteiger partial charge < -0.3 is 9.47 Å². The monoisotopic (exact) mass is 420 g/mol. The van der Waals surface area contributed by atoms with Crippen molar-refractivity contribution in [1.29, 1.82) is 0 Å². The fourth-order valence-corrected chi connectivity index (χ4v) is 12.4. The van der Waals surface area contributed by atoms with Gasteiger partial charge in [-0.05, 0) is 31.1 Å². The molecule has 10 heteroatoms. The molecule has 136 valence electrons. The number of thioether (sulfide) groups is 3. The largest absolute Gasteiger partial charge is 0.465 e. The van der Waals surface area contributed by atoms with Crippen LogP contribution in [0.15, 0.2) is 9.81 Å². The molecule has 4 rings (SSSR count). The standard InChI is InChI=1S/C15H16O6S4/c1-20-12(16)9-10(13(17)21-2)24-15(23-9)14(18)22-8-6-3-4-7(5-6)11(8)25(15)19/h6-8,11H,3-5H2,1-2H3/t6-,7+,8+,11-,25?/m0/s1. The maximum absolute atomic E-state index is 13.4. The first kappa shape index (κ1) is 17.9. The second kappa shape index (κ2) is 6.31. The molecule has 2 aliphatic carbocycles. The summed E-state index contributed by atoms with van der Waals surface area (Å²) in [6.45, 7) is 0. The highest BCUT2D eigenvalue weighted by Crippen LogP contribution is 2.66. The van der Waals surface area contributed by atoms with E-state index >= 15 is 0 Å². The van der Waals surface area contributed by atoms with E-state index in [1.807, 2.05) is 0 Å². The van der Waals surface area contributed by atoms with Gasteiger partial charge in [0.25, 0.3) is 0 Å². The molecule has 5 atom stereocenters. The Bertz CT molecular complexity index is 704. The molecule has 0 amide bonds. The number of methoxy groups -OCH3 is 2. The average Bonchev–Trinajstić information content (AvgIpc) is 3.32. The molecular formula is C15H16O6S4. The molecule has 2 bridgehead atoms. The van der Waals surface area contributed by atoms with Gasteiger partial charge in [0.05, 0.1) is 30.3 Å². The molecule has 3 fully saturated rings. The smallest absolute Gasteiger partial charge is 0.345 e. The zero-order chi connectivity index (χ0) is 17.9. The molecule has 4 aliphatic rings. The summed E-state index contributed by atoms with van der Waals surface area (Å²) < 4.78 is 21.6. The van der Waals surface area contributed by atoms with Crippen molar-refractivity contribution in [3.8, 4) is 0 Å². The van der Waals surface area contributed by atoms with Crippen molar-refractivity contribution in [2.45, 2.75) is 33.2 Å². The zero-order valence-electron chi connectivity index (χ0n) is 13.5. The van der Waals surface area contributed by atoms with Crippen LogP contribution in [-0.4, -0.2) is 49.4 Å². The number of hydrogen-bond donors (Lipinski definition) is 0. The summed E-state index contributed by atoms with van der Waals surface area (Å²) >= 11 is 3.07. The van der Waals surface area contributed by atoms with Crippen molar-refractivity contribution in [3.63, 3.8) is 0 Å². The van der Waals surface area contributed by atoms with Crippen molar-refractivity contribution < 1.29 is 28.1 Å². The Balaban J connectivity index is 1.71. The van der Waals surface area contributed by atoms with Crippen molar-refractivity contribution in [2.75, 3.05) is 14.2 Å². The summed E-state index contributed by atoms with van der Waals surface area (Å²) in [5.41, 5.74) is 0. The van der Waals surface area contributed by atoms with Crippen molar-refractivity contribution in [1.82, 2.24) is 0 Å². The normalized spacial score (nSPS) is 38.2. The summed E-state index contributed by atoms with van der Waals surface area (Å²) in [6, 6.07) is 0. The summed E-state index contributed by atoms with van der Waals surface area (Å²) in [6.07, 6.45) is 3.16. The van der Waals surface area contributed by atoms with Crippen molar-refractivity contribution in [3.05, 3.63) is 9.81 Å². The molecule has 0 N–H and O–H groups in total. The van der Waals surface area contributed by atoms with Gasteiger partial charge in [-0.15, -0.1) is 0 Å². The lowest BCUT2D eigenvalue weighted by molar-refractivity contribution is -0.138. The van der Waals surface area contributed by atoms with Crippen LogP contribution in [0.4, 0.5) is 0 Å². The lowest BCUT2D eigenvalue weighted by Gasteiger charge is -2.40. The number of carbonyl (C=O) groups excluding carboxylic acids is 3. The van der Waals surface area contributed by atoms with E-state index < -0.39 is 26.1 Å². The van der Waals surface area contributed by atoms with E-state index in [1.165, 1.54) is 26.0 Å². The van der Waals surface area contributed by atoms with Gasteiger partial charge in [0.2, 0.25) is 8.53 Å². The van der Waals surface area contributed by atoms with E-state index in [2.05, 4.69) is 0 Å². The molecule has 2 aliphatic heterocycles. The van der Waals surface area contributed by atoms with Gasteiger partial charge in [-0.1, -0.05) is 35.3 Å². The summed E-state index contributed by atoms with van der Waals surface area (Å²) in [4.78, 5) is 37.2. The Kier molecular flexibility index (Phi) is 4.53. The molecule has 0 radical (unpaired) electrons. The van der Waals surface area contributed by atoms with Crippen LogP contribution in [0.25, 0.3) is 0 Å². The number of rotatable bonds is 2. The molecule has 0 aromatic heterocycles. The highest BCUT2D eigenvalue weighted by atomic mass is 32.3. The number of esters is 2. The molecule has 0 aromatic carbocycles. The van der Waals surface area contributed by atoms with Gasteiger partial charge >= 0.3 is 11.9 Å². The number of hydrogen-bond acceptors (Lipinski definition) is 9. The van der Waals surface area contributed by atoms with Crippen LogP contribution in [-0.2, 0) is 34.7 Å². The van der Waals surface area contributed by atoms with Gasteiger partial charge in [0.1, 0.15) is 9.81 Å². The Labute approximate surface area is 160 Å². The number of carbonyl (C=O) groups is 3. The first-order valence-electron chi connectivity index (χ1n) is 7.83. The number of ether oxygens (including phenoxy) is 2. The predicted molar refractivity (Wildman–Crippen MR) is 98.1 cm³/mol. The van der Waals surface area contributed by atoms with Crippen LogP contribution in [0, 0.1) is 11.8 Å². The SMILES string of the molecule is COC(=O)C1=C(C(=O)OC)SC2(S1)C(=O)S[C@@H]1[C@H]3CC[C@H](C3)[C@@H]1S2=O. The predicted octanol–water partition coefficient (Wildman–Crippen LogP) is 1.87. The van der Waals surface area contributed by atoms with E-state index in [0.29, 0.717) is 11.8 Å². The van der Waals surface area contributed by atoms with E-state index in [0.717, 1.165) is 42.8 Å². The summed E-state index contributed by atoms with van der Waals surface area (Å²) in [5, 5.41) is -0.185. The van der Waals surface area contributed by atoms with Gasteiger partial charge in [0.15, 0.2) is 0 Å². The molecule has 25 heavy (non-hydrogen) atoms. The molecule has 0 aromatic rings. The minimum atomic E-state index is -1.49. The summed E-state index contributed by atoms with van der Waals surface area (Å²) in [5.74, 6) is -0.604. The quantitative estimate of drug-likeness (QED) is 0.621. The van der Waals surface area contributed by atoms with Gasteiger partial charge in [0, 0.05) is 5.25 Å². The van der Waals surface area contributed by atoms with Gasteiger partial charge in [-0.25, -0.2) is 9.59 Å². The van der Waals surface area contributed by atoms with E-state index in [9.17, 15) is 18.6 Å². The average molecular weight is 421 g/mol. The second-order valence-electron chi connectivity index (χ2n) is 6.37. The fourth-order valence-electron chi connectivity index (χ4n) is 4.10. The van der Waals surface area contributed by atoms with Crippen LogP contribution in [0.5, 0.6) is 0 Å². The third-order valence-electron chi connectivity index (χ3n) is 5.19. The zero-order valence-corrected chi connectivity index (χ0v) is 16.8. The molecule has 2 saturated carbocycles. The van der Waals surface area contributed by atoms with Crippen LogP contribution in [0.3, 0.4) is 0 Å². The number of fused-ring (bicyclic) bond motifs is 5. The van der Waals surface area contributed by atoms with Crippen LogP contribution >= 0.6 is 35.3 Å². The van der Waals surface area contributed by atoms with Crippen LogP contribution in [0.2, 0.25) is 0 Å². The van der Waals surface area contributed by atoms with Crippen LogP contribution in [0.1, 0.15) is 19.3 Å². The van der Waals surface area contributed by atoms with Crippen molar-refractivity contribution in [2.24, 2.45) is 11.8 Å². The molecule has 6 nitrogen and oxygen atoms in total. The van der Waals surface area contributed by atoms with Gasteiger partial charge in [-0.2, -0.15) is 0 Å². The molecule has 1 saturated heterocycles. The second-order valence-corrected chi connectivity index (χ2v) is 12.5. The first-order valence-corrected chi connectivity index (χ1v) is 11.6. The third kappa shape index (κ3) is 2.47. The lowest BCUT2D eigenvalue weighted by atomic mass is 10.00. The highest BCUT2D eigenvalue weighted by molar-refractivity contribution is 8.40. The Morgan fingerprint density at radius 1 is 1.08 bits per heavy atom. The van der Waals surface area contributed by atoms with Gasteiger partial charge in [-0.3, -0.25) is 9.00 Å². The fraction of sp³-hybridized carbons (Fsp3) is 0.667. The van der Waals surface area contributed by atoms with E-state index in [1.54, 1.807) is 0 Å².